The van der Waals surface area contributed by atoms with Crippen LogP contribution in [0.3, 0.4) is 0 Å². The normalized spacial score (nSPS) is 29.8. The van der Waals surface area contributed by atoms with Crippen molar-refractivity contribution in [2.75, 3.05) is 33.9 Å². The third kappa shape index (κ3) is 4.26. The number of likely N-dealkylation sites (tertiary alicyclic amines) is 1. The number of amides is 1. The van der Waals surface area contributed by atoms with E-state index in [0.29, 0.717) is 36.4 Å². The Balaban J connectivity index is 1.57. The summed E-state index contributed by atoms with van der Waals surface area (Å²) in [5.41, 5.74) is 9.06. The highest BCUT2D eigenvalue weighted by molar-refractivity contribution is 5.65. The average Bonchev–Trinajstić information content (AvgIpc) is 2.76. The molecule has 1 aromatic carbocycles. The molecule has 8 nitrogen and oxygen atoms in total. The van der Waals surface area contributed by atoms with E-state index in [0.717, 1.165) is 19.4 Å². The summed E-state index contributed by atoms with van der Waals surface area (Å²) in [6.45, 7) is 1.72. The van der Waals surface area contributed by atoms with Crippen molar-refractivity contribution >= 4 is 6.09 Å². The van der Waals surface area contributed by atoms with Crippen molar-refractivity contribution in [1.29, 1.82) is 0 Å². The van der Waals surface area contributed by atoms with Crippen LogP contribution in [0.5, 0.6) is 11.5 Å². The number of benzene rings is 1. The molecule has 164 valence electrons. The number of likely N-dealkylation sites (N-methyl/N-ethyl adjacent to an activating group) is 1. The van der Waals surface area contributed by atoms with Crippen molar-refractivity contribution in [2.45, 2.75) is 37.5 Å². The largest absolute Gasteiger partial charge is 0.493 e. The van der Waals surface area contributed by atoms with Crippen LogP contribution < -0.4 is 20.7 Å². The van der Waals surface area contributed by atoms with Gasteiger partial charge in [-0.15, -0.1) is 0 Å². The van der Waals surface area contributed by atoms with Crippen molar-refractivity contribution in [3.63, 3.8) is 0 Å². The van der Waals surface area contributed by atoms with E-state index in [2.05, 4.69) is 35.6 Å². The molecule has 1 aromatic rings. The van der Waals surface area contributed by atoms with Gasteiger partial charge in [0.05, 0.1) is 13.7 Å². The molecular formula is C22H31N3O5. The molecule has 3 N–H and O–H groups in total. The molecule has 3 aliphatic rings. The van der Waals surface area contributed by atoms with Gasteiger partial charge in [0, 0.05) is 12.0 Å². The third-order valence-electron chi connectivity index (χ3n) is 6.38. The quantitative estimate of drug-likeness (QED) is 0.415. The van der Waals surface area contributed by atoms with Gasteiger partial charge in [0.1, 0.15) is 12.2 Å². The first-order valence-corrected chi connectivity index (χ1v) is 10.6. The topological polar surface area (TPSA) is 95.3 Å². The molecule has 0 saturated carbocycles. The Morgan fingerprint density at radius 1 is 1.37 bits per heavy atom. The molecule has 30 heavy (non-hydrogen) atoms. The van der Waals surface area contributed by atoms with Crippen LogP contribution in [0.1, 0.15) is 18.4 Å². The number of piperidine rings is 1. The molecule has 1 aliphatic carbocycles. The average molecular weight is 418 g/mol. The number of methoxy groups -OCH3 is 1. The smallest absolute Gasteiger partial charge is 0.431 e. The molecule has 2 heterocycles. The summed E-state index contributed by atoms with van der Waals surface area (Å²) < 4.78 is 17.1. The summed E-state index contributed by atoms with van der Waals surface area (Å²) in [7, 11) is 3.83. The van der Waals surface area contributed by atoms with Crippen molar-refractivity contribution in [3.8, 4) is 11.5 Å². The van der Waals surface area contributed by atoms with Crippen molar-refractivity contribution in [3.05, 3.63) is 35.9 Å². The minimum Gasteiger partial charge on any atom is -0.493 e. The first kappa shape index (κ1) is 21.0. The lowest BCUT2D eigenvalue weighted by Crippen LogP contribution is -2.56. The molecular weight excluding hydrogens is 386 g/mol. The number of carbonyl (C=O) groups excluding carboxylic acids is 1. The Bertz CT molecular complexity index is 786. The van der Waals surface area contributed by atoms with Crippen LogP contribution in [0, 0.1) is 11.8 Å². The zero-order chi connectivity index (χ0) is 21.1. The van der Waals surface area contributed by atoms with Gasteiger partial charge in [-0.1, -0.05) is 18.2 Å². The highest BCUT2D eigenvalue weighted by atomic mass is 16.7. The van der Waals surface area contributed by atoms with Crippen LogP contribution in [0.4, 0.5) is 4.79 Å². The maximum absolute atomic E-state index is 11.9. The molecule has 8 heteroatoms. The number of carbonyl (C=O) groups is 1. The van der Waals surface area contributed by atoms with E-state index in [9.17, 15) is 4.79 Å². The fourth-order valence-electron chi connectivity index (χ4n) is 4.81. The number of nitrogens with two attached hydrogens (primary N) is 1. The number of nitrogens with zero attached hydrogens (tertiary/aromatic N) is 1. The Hall–Kier alpha value is -2.29. The molecule has 1 fully saturated rings. The summed E-state index contributed by atoms with van der Waals surface area (Å²) in [4.78, 5) is 20.1. The SMILES string of the molecule is COc1ccc2cc1O[C@@H]1[C@H]3CCN(C)[C@H](C2)[C@@H]3C=C[C@@H]1ONC(=O)OCCCN. The second kappa shape index (κ2) is 9.24. The molecule has 0 unspecified atom stereocenters. The molecule has 2 aliphatic heterocycles. The number of hydrogen-bond donors (Lipinski definition) is 2. The number of nitrogens with one attached hydrogen (secondary N) is 1. The maximum Gasteiger partial charge on any atom is 0.431 e. The van der Waals surface area contributed by atoms with Gasteiger partial charge in [-0.3, -0.25) is 4.84 Å². The second-order valence-electron chi connectivity index (χ2n) is 8.20. The van der Waals surface area contributed by atoms with E-state index in [1.165, 1.54) is 5.56 Å². The fourth-order valence-corrected chi connectivity index (χ4v) is 4.81. The predicted molar refractivity (Wildman–Crippen MR) is 111 cm³/mol. The van der Waals surface area contributed by atoms with Crippen LogP contribution in [0.15, 0.2) is 30.4 Å². The first-order valence-electron chi connectivity index (χ1n) is 10.6. The summed E-state index contributed by atoms with van der Waals surface area (Å²) in [6, 6.07) is 6.52. The van der Waals surface area contributed by atoms with Crippen molar-refractivity contribution < 1.29 is 23.8 Å². The van der Waals surface area contributed by atoms with Crippen LogP contribution in [0.2, 0.25) is 0 Å². The standard InChI is InChI=1S/C22H31N3O5/c1-25-10-8-16-15-5-7-19(30-24-22(26)28-11-3-9-23)21(16)29-20-13-14(12-17(15)25)4-6-18(20)27-2/h4-7,13,15-17,19,21H,3,8-12,23H2,1-2H3,(H,24,26)/t15-,16+,17-,19+,21-/m1/s1. The Labute approximate surface area is 177 Å². The lowest BCUT2D eigenvalue weighted by Gasteiger charge is -2.48. The molecule has 1 saturated heterocycles. The highest BCUT2D eigenvalue weighted by Gasteiger charge is 2.46. The van der Waals surface area contributed by atoms with E-state index in [1.807, 2.05) is 12.1 Å². The number of ether oxygens (including phenoxy) is 3. The van der Waals surface area contributed by atoms with Gasteiger partial charge in [0.15, 0.2) is 11.5 Å². The van der Waals surface area contributed by atoms with Crippen LogP contribution >= 0.6 is 0 Å². The second-order valence-corrected chi connectivity index (χ2v) is 8.20. The van der Waals surface area contributed by atoms with Gasteiger partial charge >= 0.3 is 6.09 Å². The third-order valence-corrected chi connectivity index (χ3v) is 6.38. The summed E-state index contributed by atoms with van der Waals surface area (Å²) in [5, 5.41) is 0. The van der Waals surface area contributed by atoms with Crippen molar-refractivity contribution in [1.82, 2.24) is 10.4 Å². The molecule has 4 rings (SSSR count). The molecule has 0 spiro atoms. The van der Waals surface area contributed by atoms with E-state index in [-0.39, 0.29) is 18.6 Å². The number of rotatable bonds is 6. The van der Waals surface area contributed by atoms with E-state index < -0.39 is 12.2 Å². The first-order chi connectivity index (χ1) is 14.6. The molecule has 0 aromatic heterocycles. The summed E-state index contributed by atoms with van der Waals surface area (Å²) in [6.07, 6.45) is 5.48. The molecule has 5 atom stereocenters. The van der Waals surface area contributed by atoms with Crippen LogP contribution in [-0.4, -0.2) is 63.1 Å². The summed E-state index contributed by atoms with van der Waals surface area (Å²) in [5.74, 6) is 2.03. The van der Waals surface area contributed by atoms with Gasteiger partial charge in [-0.05, 0) is 63.0 Å². The molecule has 0 radical (unpaired) electrons. The number of fused-ring (bicyclic) bond motifs is 2. The van der Waals surface area contributed by atoms with E-state index >= 15 is 0 Å². The van der Waals surface area contributed by atoms with Gasteiger partial charge in [-0.2, -0.15) is 5.48 Å². The zero-order valence-electron chi connectivity index (χ0n) is 17.6. The summed E-state index contributed by atoms with van der Waals surface area (Å²) >= 11 is 0. The fraction of sp³-hybridized carbons (Fsp3) is 0.591. The Morgan fingerprint density at radius 3 is 3.03 bits per heavy atom. The van der Waals surface area contributed by atoms with E-state index in [1.54, 1.807) is 7.11 Å². The Kier molecular flexibility index (Phi) is 6.46. The van der Waals surface area contributed by atoms with Gasteiger partial charge in [0.2, 0.25) is 0 Å². The van der Waals surface area contributed by atoms with Gasteiger partial charge in [-0.25, -0.2) is 4.79 Å². The zero-order valence-corrected chi connectivity index (χ0v) is 17.6. The maximum atomic E-state index is 11.9. The number of hydroxylamine groups is 1. The minimum atomic E-state index is -0.622. The van der Waals surface area contributed by atoms with Gasteiger partial charge in [0.25, 0.3) is 0 Å². The predicted octanol–water partition coefficient (Wildman–Crippen LogP) is 1.88. The molecule has 1 amide bonds. The molecule has 6 bridgehead atoms. The van der Waals surface area contributed by atoms with Crippen LogP contribution in [-0.2, 0) is 16.0 Å². The van der Waals surface area contributed by atoms with Gasteiger partial charge < -0.3 is 24.8 Å². The lowest BCUT2D eigenvalue weighted by atomic mass is 9.71. The minimum absolute atomic E-state index is 0.247. The number of hydrogen-bond acceptors (Lipinski definition) is 7. The van der Waals surface area contributed by atoms with Crippen molar-refractivity contribution in [2.24, 2.45) is 17.6 Å². The Morgan fingerprint density at radius 2 is 2.23 bits per heavy atom. The van der Waals surface area contributed by atoms with E-state index in [4.69, 9.17) is 24.8 Å². The van der Waals surface area contributed by atoms with Crippen LogP contribution in [0.25, 0.3) is 0 Å². The highest BCUT2D eigenvalue weighted by Crippen LogP contribution is 2.43. The monoisotopic (exact) mass is 417 g/mol. The lowest BCUT2D eigenvalue weighted by molar-refractivity contribution is -0.0931.